The molecule has 0 amide bonds. The number of rotatable bonds is 5. The van der Waals surface area contributed by atoms with Crippen molar-refractivity contribution in [3.63, 3.8) is 0 Å². The molecule has 124 valence electrons. The molecule has 2 rings (SSSR count). The normalized spacial score (nSPS) is 12.0. The number of likely N-dealkylation sites (N-methyl/N-ethyl adjacent to an activating group) is 1. The molecule has 0 atom stereocenters. The number of hydrogen-bond donors (Lipinski definition) is 0. The summed E-state index contributed by atoms with van der Waals surface area (Å²) in [6.45, 7) is 11.8. The summed E-state index contributed by atoms with van der Waals surface area (Å²) in [7, 11) is 1.99. The van der Waals surface area contributed by atoms with E-state index in [0.717, 1.165) is 23.5 Å². The SMILES string of the molecule is Cc1cc(C(=O)CN(C)Cc2ccccc2)c(C)n1C(C)(C)C. The molecule has 23 heavy (non-hydrogen) atoms. The zero-order valence-electron chi connectivity index (χ0n) is 15.2. The molecule has 0 radical (unpaired) electrons. The lowest BCUT2D eigenvalue weighted by molar-refractivity contribution is 0.0942. The van der Waals surface area contributed by atoms with Crippen LogP contribution in [0.3, 0.4) is 0 Å². The Bertz CT molecular complexity index is 678. The lowest BCUT2D eigenvalue weighted by Gasteiger charge is -2.26. The summed E-state index contributed by atoms with van der Waals surface area (Å²) in [4.78, 5) is 14.8. The maximum Gasteiger partial charge on any atom is 0.178 e. The molecule has 0 saturated carbocycles. The molecule has 0 aliphatic rings. The van der Waals surface area contributed by atoms with E-state index in [0.29, 0.717) is 6.54 Å². The van der Waals surface area contributed by atoms with E-state index in [-0.39, 0.29) is 11.3 Å². The molecule has 0 saturated heterocycles. The molecule has 1 heterocycles. The van der Waals surface area contributed by atoms with Crippen molar-refractivity contribution in [2.45, 2.75) is 46.7 Å². The molecular formula is C20H28N2O. The highest BCUT2D eigenvalue weighted by Gasteiger charge is 2.23. The second-order valence-corrected chi connectivity index (χ2v) is 7.37. The molecule has 1 aromatic heterocycles. The minimum Gasteiger partial charge on any atom is -0.343 e. The molecule has 0 N–H and O–H groups in total. The minimum absolute atomic E-state index is 0.0113. The summed E-state index contributed by atoms with van der Waals surface area (Å²) in [5, 5.41) is 0. The Hall–Kier alpha value is -1.87. The zero-order chi connectivity index (χ0) is 17.2. The van der Waals surface area contributed by atoms with Crippen molar-refractivity contribution in [1.82, 2.24) is 9.47 Å². The lowest BCUT2D eigenvalue weighted by atomic mass is 10.1. The van der Waals surface area contributed by atoms with Gasteiger partial charge in [0.25, 0.3) is 0 Å². The summed E-state index contributed by atoms with van der Waals surface area (Å²) < 4.78 is 2.25. The fourth-order valence-corrected chi connectivity index (χ4v) is 3.36. The quantitative estimate of drug-likeness (QED) is 0.774. The van der Waals surface area contributed by atoms with Gasteiger partial charge in [0.05, 0.1) is 6.54 Å². The molecule has 0 aliphatic carbocycles. The third kappa shape index (κ3) is 4.11. The highest BCUT2D eigenvalue weighted by atomic mass is 16.1. The van der Waals surface area contributed by atoms with Crippen molar-refractivity contribution in [1.29, 1.82) is 0 Å². The molecule has 0 unspecified atom stereocenters. The number of carbonyl (C=O) groups excluding carboxylic acids is 1. The van der Waals surface area contributed by atoms with Crippen LogP contribution in [0, 0.1) is 13.8 Å². The monoisotopic (exact) mass is 312 g/mol. The third-order valence-corrected chi connectivity index (χ3v) is 4.11. The number of hydrogen-bond acceptors (Lipinski definition) is 2. The first-order valence-electron chi connectivity index (χ1n) is 8.15. The molecule has 0 aliphatic heterocycles. The van der Waals surface area contributed by atoms with Gasteiger partial charge in [0.1, 0.15) is 0 Å². The number of ketones is 1. The standard InChI is InChI=1S/C20H28N2O/c1-15-12-18(16(2)22(15)20(3,4)5)19(23)14-21(6)13-17-10-8-7-9-11-17/h7-12H,13-14H2,1-6H3. The van der Waals surface area contributed by atoms with Gasteiger partial charge < -0.3 is 4.57 Å². The van der Waals surface area contributed by atoms with E-state index >= 15 is 0 Å². The van der Waals surface area contributed by atoms with Crippen LogP contribution < -0.4 is 0 Å². The topological polar surface area (TPSA) is 25.2 Å². The average Bonchev–Trinajstić information content (AvgIpc) is 2.74. The van der Waals surface area contributed by atoms with Crippen LogP contribution in [-0.4, -0.2) is 28.8 Å². The number of aromatic nitrogens is 1. The van der Waals surface area contributed by atoms with Crippen LogP contribution in [0.1, 0.15) is 48.1 Å². The Morgan fingerprint density at radius 3 is 2.26 bits per heavy atom. The van der Waals surface area contributed by atoms with Crippen LogP contribution in [0.25, 0.3) is 0 Å². The number of Topliss-reactive ketones (excluding diaryl/α,β-unsaturated/α-hetero) is 1. The summed E-state index contributed by atoms with van der Waals surface area (Å²) in [5.74, 6) is 0.187. The molecular weight excluding hydrogens is 284 g/mol. The Morgan fingerprint density at radius 1 is 1.13 bits per heavy atom. The van der Waals surface area contributed by atoms with Crippen molar-refractivity contribution < 1.29 is 4.79 Å². The highest BCUT2D eigenvalue weighted by molar-refractivity contribution is 5.99. The van der Waals surface area contributed by atoms with Gasteiger partial charge in [-0.2, -0.15) is 0 Å². The molecule has 2 aromatic rings. The van der Waals surface area contributed by atoms with E-state index in [4.69, 9.17) is 0 Å². The van der Waals surface area contributed by atoms with E-state index in [1.54, 1.807) is 0 Å². The zero-order valence-corrected chi connectivity index (χ0v) is 15.2. The molecule has 1 aromatic carbocycles. The third-order valence-electron chi connectivity index (χ3n) is 4.11. The first kappa shape index (κ1) is 17.5. The van der Waals surface area contributed by atoms with Gasteiger partial charge in [0.2, 0.25) is 0 Å². The van der Waals surface area contributed by atoms with E-state index < -0.39 is 0 Å². The summed E-state index contributed by atoms with van der Waals surface area (Å²) >= 11 is 0. The van der Waals surface area contributed by atoms with E-state index in [1.165, 1.54) is 5.56 Å². The van der Waals surface area contributed by atoms with Gasteiger partial charge in [-0.25, -0.2) is 0 Å². The Balaban J connectivity index is 2.12. The predicted octanol–water partition coefficient (Wildman–Crippen LogP) is 4.17. The fraction of sp³-hybridized carbons (Fsp3) is 0.450. The van der Waals surface area contributed by atoms with E-state index in [9.17, 15) is 4.79 Å². The Morgan fingerprint density at radius 2 is 1.74 bits per heavy atom. The van der Waals surface area contributed by atoms with Crippen molar-refractivity contribution in [2.75, 3.05) is 13.6 Å². The van der Waals surface area contributed by atoms with Crippen LogP contribution in [0.2, 0.25) is 0 Å². The first-order valence-corrected chi connectivity index (χ1v) is 8.15. The maximum absolute atomic E-state index is 12.7. The largest absolute Gasteiger partial charge is 0.343 e. The molecule has 3 heteroatoms. The number of carbonyl (C=O) groups is 1. The highest BCUT2D eigenvalue weighted by Crippen LogP contribution is 2.24. The number of nitrogens with zero attached hydrogens (tertiary/aromatic N) is 2. The molecule has 0 spiro atoms. The molecule has 0 fully saturated rings. The van der Waals surface area contributed by atoms with Crippen LogP contribution in [0.4, 0.5) is 0 Å². The van der Waals surface area contributed by atoms with E-state index in [2.05, 4.69) is 49.3 Å². The van der Waals surface area contributed by atoms with Gasteiger partial charge in [0, 0.05) is 29.0 Å². The van der Waals surface area contributed by atoms with Crippen LogP contribution in [0.5, 0.6) is 0 Å². The maximum atomic E-state index is 12.7. The average molecular weight is 312 g/mol. The van der Waals surface area contributed by atoms with Gasteiger partial charge in [-0.05, 0) is 53.3 Å². The second kappa shape index (κ2) is 6.71. The first-order chi connectivity index (χ1) is 10.7. The molecule has 3 nitrogen and oxygen atoms in total. The predicted molar refractivity (Wildman–Crippen MR) is 96.0 cm³/mol. The minimum atomic E-state index is -0.0113. The van der Waals surface area contributed by atoms with Gasteiger partial charge in [-0.3, -0.25) is 9.69 Å². The van der Waals surface area contributed by atoms with Crippen molar-refractivity contribution >= 4 is 5.78 Å². The van der Waals surface area contributed by atoms with Crippen molar-refractivity contribution in [3.05, 3.63) is 58.9 Å². The van der Waals surface area contributed by atoms with Crippen molar-refractivity contribution in [3.8, 4) is 0 Å². The smallest absolute Gasteiger partial charge is 0.178 e. The fourth-order valence-electron chi connectivity index (χ4n) is 3.36. The van der Waals surface area contributed by atoms with Gasteiger partial charge >= 0.3 is 0 Å². The van der Waals surface area contributed by atoms with Gasteiger partial charge in [0.15, 0.2) is 5.78 Å². The van der Waals surface area contributed by atoms with Gasteiger partial charge in [-0.1, -0.05) is 30.3 Å². The summed E-state index contributed by atoms with van der Waals surface area (Å²) in [6, 6.07) is 12.3. The van der Waals surface area contributed by atoms with Crippen LogP contribution in [-0.2, 0) is 12.1 Å². The van der Waals surface area contributed by atoms with Crippen LogP contribution >= 0.6 is 0 Å². The summed E-state index contributed by atoms with van der Waals surface area (Å²) in [6.07, 6.45) is 0. The summed E-state index contributed by atoms with van der Waals surface area (Å²) in [5.41, 5.74) is 4.26. The number of benzene rings is 1. The lowest BCUT2D eigenvalue weighted by Crippen LogP contribution is -2.27. The number of aryl methyl sites for hydroxylation is 1. The Labute approximate surface area is 139 Å². The molecule has 0 bridgehead atoms. The Kier molecular flexibility index (Phi) is 5.10. The van der Waals surface area contributed by atoms with E-state index in [1.807, 2.05) is 38.2 Å². The van der Waals surface area contributed by atoms with Crippen molar-refractivity contribution in [2.24, 2.45) is 0 Å². The second-order valence-electron chi connectivity index (χ2n) is 7.37. The van der Waals surface area contributed by atoms with Crippen LogP contribution in [0.15, 0.2) is 36.4 Å². The van der Waals surface area contributed by atoms with Gasteiger partial charge in [-0.15, -0.1) is 0 Å².